The number of imidazole rings is 2. The molecule has 0 unspecified atom stereocenters. The Kier molecular flexibility index (Phi) is 19.1. The molecular weight excluding hydrogens is 675 g/mol. The highest BCUT2D eigenvalue weighted by atomic mass is 16.5. The Morgan fingerprint density at radius 2 is 0.782 bits per heavy atom. The molecule has 0 aliphatic carbocycles. The molecule has 3 heterocycles. The molecule has 0 saturated carbocycles. The maximum absolute atomic E-state index is 6.60. The fourth-order valence-electron chi connectivity index (χ4n) is 8.05. The monoisotopic (exact) mass is 748 g/mol. The van der Waals surface area contributed by atoms with E-state index in [2.05, 4.69) is 90.6 Å². The summed E-state index contributed by atoms with van der Waals surface area (Å²) in [6.45, 7) is 9.44. The summed E-state index contributed by atoms with van der Waals surface area (Å²) >= 11 is 0. The first-order chi connectivity index (χ1) is 27.2. The molecule has 300 valence electrons. The van der Waals surface area contributed by atoms with Gasteiger partial charge in [-0.25, -0.2) is 15.0 Å². The minimum atomic E-state index is 0.710. The van der Waals surface area contributed by atoms with E-state index in [-0.39, 0.29) is 0 Å². The Labute approximate surface area is 333 Å². The smallest absolute Gasteiger partial charge is 0.159 e. The van der Waals surface area contributed by atoms with E-state index < -0.39 is 0 Å². The van der Waals surface area contributed by atoms with E-state index >= 15 is 0 Å². The van der Waals surface area contributed by atoms with Gasteiger partial charge in [-0.1, -0.05) is 180 Å². The molecule has 6 nitrogen and oxygen atoms in total. The molecular formula is C49H73N5O. The summed E-state index contributed by atoms with van der Waals surface area (Å²) in [7, 11) is 0. The first-order valence-electron chi connectivity index (χ1n) is 22.8. The van der Waals surface area contributed by atoms with Gasteiger partial charge in [-0.3, -0.25) is 0 Å². The van der Waals surface area contributed by atoms with E-state index in [1.165, 1.54) is 146 Å². The van der Waals surface area contributed by atoms with Crippen LogP contribution in [0.3, 0.4) is 0 Å². The third-order valence-corrected chi connectivity index (χ3v) is 11.3. The lowest BCUT2D eigenvalue weighted by molar-refractivity contribution is 0.304. The second kappa shape index (κ2) is 24.8. The van der Waals surface area contributed by atoms with Crippen molar-refractivity contribution in [3.8, 4) is 28.8 Å². The van der Waals surface area contributed by atoms with Crippen molar-refractivity contribution in [1.29, 1.82) is 0 Å². The number of hydrogen-bond acceptors (Lipinski definition) is 4. The summed E-state index contributed by atoms with van der Waals surface area (Å²) in [4.78, 5) is 15.9. The molecule has 0 fully saturated rings. The van der Waals surface area contributed by atoms with Crippen LogP contribution in [0.4, 0.5) is 0 Å². The van der Waals surface area contributed by atoms with Crippen LogP contribution in [-0.4, -0.2) is 30.7 Å². The first kappa shape index (κ1) is 42.5. The Hall–Kier alpha value is -3.67. The number of rotatable bonds is 30. The van der Waals surface area contributed by atoms with Gasteiger partial charge in [0.05, 0.1) is 28.7 Å². The number of benzene rings is 2. The Balaban J connectivity index is 1.39. The zero-order valence-corrected chi connectivity index (χ0v) is 35.0. The van der Waals surface area contributed by atoms with Crippen LogP contribution in [0.5, 0.6) is 5.75 Å². The van der Waals surface area contributed by atoms with Gasteiger partial charge in [-0.05, 0) is 43.5 Å². The quantitative estimate of drug-likeness (QED) is 0.0439. The summed E-state index contributed by atoms with van der Waals surface area (Å²) < 4.78 is 11.4. The van der Waals surface area contributed by atoms with E-state index in [1.54, 1.807) is 0 Å². The van der Waals surface area contributed by atoms with Crippen LogP contribution in [0.2, 0.25) is 0 Å². The molecule has 0 N–H and O–H groups in total. The lowest BCUT2D eigenvalue weighted by atomic mass is 10.1. The summed E-state index contributed by atoms with van der Waals surface area (Å²) in [6, 6.07) is 21.4. The first-order valence-corrected chi connectivity index (χ1v) is 22.8. The minimum Gasteiger partial charge on any atom is -0.493 e. The highest BCUT2D eigenvalue weighted by Gasteiger charge is 2.20. The van der Waals surface area contributed by atoms with E-state index in [0.717, 1.165) is 72.2 Å². The predicted octanol–water partition coefficient (Wildman–Crippen LogP) is 14.9. The van der Waals surface area contributed by atoms with Crippen molar-refractivity contribution < 1.29 is 4.74 Å². The third-order valence-electron chi connectivity index (χ3n) is 11.3. The molecule has 5 rings (SSSR count). The summed E-state index contributed by atoms with van der Waals surface area (Å²) in [5, 5.41) is 0. The molecule has 0 aliphatic heterocycles. The van der Waals surface area contributed by atoms with Gasteiger partial charge in [-0.2, -0.15) is 0 Å². The number of pyridine rings is 1. The molecule has 0 saturated heterocycles. The highest BCUT2D eigenvalue weighted by molar-refractivity contribution is 5.82. The van der Waals surface area contributed by atoms with Crippen molar-refractivity contribution in [1.82, 2.24) is 24.1 Å². The molecule has 0 amide bonds. The fraction of sp³-hybridized carbons (Fsp3) is 0.612. The van der Waals surface area contributed by atoms with Crippen LogP contribution >= 0.6 is 0 Å². The zero-order chi connectivity index (χ0) is 38.3. The normalized spacial score (nSPS) is 11.7. The van der Waals surface area contributed by atoms with Gasteiger partial charge in [-0.15, -0.1) is 0 Å². The van der Waals surface area contributed by atoms with Crippen molar-refractivity contribution in [3.05, 3.63) is 60.7 Å². The van der Waals surface area contributed by atoms with Gasteiger partial charge in [0.15, 0.2) is 11.6 Å². The lowest BCUT2D eigenvalue weighted by Gasteiger charge is -2.14. The number of hydrogen-bond donors (Lipinski definition) is 0. The highest BCUT2D eigenvalue weighted by Crippen LogP contribution is 2.32. The number of ether oxygens (including phenoxy) is 1. The molecule has 0 bridgehead atoms. The largest absolute Gasteiger partial charge is 0.493 e. The van der Waals surface area contributed by atoms with Crippen molar-refractivity contribution in [2.45, 2.75) is 188 Å². The van der Waals surface area contributed by atoms with Crippen LogP contribution in [0.25, 0.3) is 45.1 Å². The van der Waals surface area contributed by atoms with Gasteiger partial charge in [0.25, 0.3) is 0 Å². The van der Waals surface area contributed by atoms with Gasteiger partial charge in [0, 0.05) is 25.2 Å². The SMILES string of the molecule is CCCCCCCCCCOc1cc(-c2nc3ccccc3n2CCCCCCCCCC)nc(-c2nc3ccccc3n2CCCCCCCCCC)c1. The summed E-state index contributed by atoms with van der Waals surface area (Å²) in [5.41, 5.74) is 6.13. The van der Waals surface area contributed by atoms with Crippen molar-refractivity contribution >= 4 is 22.1 Å². The van der Waals surface area contributed by atoms with Gasteiger partial charge in [0.1, 0.15) is 17.1 Å². The van der Waals surface area contributed by atoms with Crippen LogP contribution in [-0.2, 0) is 13.1 Å². The number of unbranched alkanes of at least 4 members (excludes halogenated alkanes) is 21. The molecule has 0 spiro atoms. The molecule has 3 aromatic heterocycles. The molecule has 0 aliphatic rings. The lowest BCUT2D eigenvalue weighted by Crippen LogP contribution is -2.06. The zero-order valence-electron chi connectivity index (χ0n) is 35.0. The number of aromatic nitrogens is 5. The second-order valence-corrected chi connectivity index (χ2v) is 16.0. The number of fused-ring (bicyclic) bond motifs is 2. The van der Waals surface area contributed by atoms with Gasteiger partial charge in [0.2, 0.25) is 0 Å². The number of nitrogens with zero attached hydrogens (tertiary/aromatic N) is 5. The van der Waals surface area contributed by atoms with Crippen molar-refractivity contribution in [3.63, 3.8) is 0 Å². The molecule has 55 heavy (non-hydrogen) atoms. The fourth-order valence-corrected chi connectivity index (χ4v) is 8.05. The number of para-hydroxylation sites is 4. The average molecular weight is 748 g/mol. The predicted molar refractivity (Wildman–Crippen MR) is 235 cm³/mol. The van der Waals surface area contributed by atoms with E-state index in [4.69, 9.17) is 19.7 Å². The average Bonchev–Trinajstić information content (AvgIpc) is 3.78. The van der Waals surface area contributed by atoms with Crippen molar-refractivity contribution in [2.75, 3.05) is 6.61 Å². The molecule has 5 aromatic rings. The van der Waals surface area contributed by atoms with Crippen molar-refractivity contribution in [2.24, 2.45) is 0 Å². The van der Waals surface area contributed by atoms with E-state index in [0.29, 0.717) is 6.61 Å². The van der Waals surface area contributed by atoms with Crippen LogP contribution in [0.15, 0.2) is 60.7 Å². The third kappa shape index (κ3) is 13.5. The minimum absolute atomic E-state index is 0.710. The Morgan fingerprint density at radius 3 is 1.20 bits per heavy atom. The number of aryl methyl sites for hydroxylation is 2. The summed E-state index contributed by atoms with van der Waals surface area (Å²) in [6.07, 6.45) is 31.0. The molecule has 0 radical (unpaired) electrons. The molecule has 2 aromatic carbocycles. The standard InChI is InChI=1S/C49H73N5O/c1-4-7-10-13-16-19-22-29-36-53-46-34-27-25-32-42(46)51-48(53)44-39-41(55-38-31-24-21-18-15-12-9-6-3)40-45(50-44)49-52-43-33-26-28-35-47(43)54(49)37-30-23-20-17-14-11-8-5-2/h25-28,32-35,39-40H,4-24,29-31,36-38H2,1-3H3. The van der Waals surface area contributed by atoms with E-state index in [9.17, 15) is 0 Å². The molecule has 6 heteroatoms. The van der Waals surface area contributed by atoms with Gasteiger partial charge < -0.3 is 13.9 Å². The second-order valence-electron chi connectivity index (χ2n) is 16.0. The Bertz CT molecular complexity index is 1670. The van der Waals surface area contributed by atoms with Crippen LogP contribution < -0.4 is 4.74 Å². The van der Waals surface area contributed by atoms with Gasteiger partial charge >= 0.3 is 0 Å². The summed E-state index contributed by atoms with van der Waals surface area (Å²) in [5.74, 6) is 2.71. The van der Waals surface area contributed by atoms with E-state index in [1.807, 2.05) is 0 Å². The van der Waals surface area contributed by atoms with Crippen LogP contribution in [0.1, 0.15) is 175 Å². The maximum Gasteiger partial charge on any atom is 0.159 e. The van der Waals surface area contributed by atoms with Crippen LogP contribution in [0, 0.1) is 0 Å². The Morgan fingerprint density at radius 1 is 0.418 bits per heavy atom. The maximum atomic E-state index is 6.60. The topological polar surface area (TPSA) is 57.8 Å². The molecule has 0 atom stereocenters.